The van der Waals surface area contributed by atoms with Crippen LogP contribution in [0.4, 0.5) is 5.82 Å². The Labute approximate surface area is 181 Å². The molecule has 6 nitrogen and oxygen atoms in total. The number of hydrogen-bond acceptors (Lipinski definition) is 5. The van der Waals surface area contributed by atoms with Crippen molar-refractivity contribution in [3.05, 3.63) is 59.1 Å². The average molecular weight is 425 g/mol. The van der Waals surface area contributed by atoms with E-state index in [9.17, 15) is 4.79 Å². The van der Waals surface area contributed by atoms with E-state index in [1.165, 1.54) is 0 Å². The molecule has 1 aliphatic rings. The smallest absolute Gasteiger partial charge is 0.258 e. The summed E-state index contributed by atoms with van der Waals surface area (Å²) >= 11 is 5.93. The van der Waals surface area contributed by atoms with Crippen molar-refractivity contribution in [2.24, 2.45) is 5.92 Å². The van der Waals surface area contributed by atoms with Crippen molar-refractivity contribution in [2.45, 2.75) is 26.3 Å². The van der Waals surface area contributed by atoms with Crippen molar-refractivity contribution in [3.8, 4) is 5.88 Å². The lowest BCUT2D eigenvalue weighted by atomic mass is 9.97. The van der Waals surface area contributed by atoms with Crippen LogP contribution >= 0.6 is 11.6 Å². The third-order valence-corrected chi connectivity index (χ3v) is 5.53. The fourth-order valence-electron chi connectivity index (χ4n) is 3.73. The molecule has 1 aromatic heterocycles. The zero-order chi connectivity index (χ0) is 20.9. The number of halogens is 1. The third kappa shape index (κ3) is 4.65. The van der Waals surface area contributed by atoms with E-state index >= 15 is 0 Å². The summed E-state index contributed by atoms with van der Waals surface area (Å²) in [4.78, 5) is 24.4. The van der Waals surface area contributed by atoms with Crippen molar-refractivity contribution in [1.82, 2.24) is 15.3 Å². The van der Waals surface area contributed by atoms with E-state index < -0.39 is 0 Å². The van der Waals surface area contributed by atoms with Gasteiger partial charge in [0.2, 0.25) is 5.91 Å². The normalized spacial score (nSPS) is 16.5. The quantitative estimate of drug-likeness (QED) is 0.641. The number of para-hydroxylation sites is 2. The lowest BCUT2D eigenvalue weighted by molar-refractivity contribution is -0.125. The Bertz CT molecular complexity index is 1030. The molecule has 1 atom stereocenters. The number of benzene rings is 2. The van der Waals surface area contributed by atoms with Crippen LogP contribution in [0.15, 0.2) is 48.5 Å². The van der Waals surface area contributed by atoms with Crippen molar-refractivity contribution in [2.75, 3.05) is 24.6 Å². The molecular weight excluding hydrogens is 400 g/mol. The number of carbonyl (C=O) groups is 1. The molecule has 1 fully saturated rings. The molecule has 2 aromatic carbocycles. The second-order valence-corrected chi connectivity index (χ2v) is 7.84. The van der Waals surface area contributed by atoms with Crippen LogP contribution in [-0.2, 0) is 11.3 Å². The van der Waals surface area contributed by atoms with Crippen molar-refractivity contribution >= 4 is 34.4 Å². The number of carbonyl (C=O) groups excluding carboxylic acids is 1. The molecule has 0 unspecified atom stereocenters. The second kappa shape index (κ2) is 9.30. The molecule has 1 saturated heterocycles. The highest BCUT2D eigenvalue weighted by Crippen LogP contribution is 2.30. The highest BCUT2D eigenvalue weighted by molar-refractivity contribution is 6.30. The van der Waals surface area contributed by atoms with Gasteiger partial charge in [-0.25, -0.2) is 9.97 Å². The van der Waals surface area contributed by atoms with Crippen LogP contribution in [0, 0.1) is 5.92 Å². The first-order valence-electron chi connectivity index (χ1n) is 10.3. The first-order chi connectivity index (χ1) is 14.6. The van der Waals surface area contributed by atoms with Gasteiger partial charge in [0.25, 0.3) is 5.88 Å². The molecule has 7 heteroatoms. The Balaban J connectivity index is 1.48. The fourth-order valence-corrected chi connectivity index (χ4v) is 3.86. The molecule has 0 aliphatic carbocycles. The molecule has 0 saturated carbocycles. The van der Waals surface area contributed by atoms with Gasteiger partial charge in [0, 0.05) is 24.7 Å². The molecule has 30 heavy (non-hydrogen) atoms. The maximum Gasteiger partial charge on any atom is 0.258 e. The zero-order valence-corrected chi connectivity index (χ0v) is 17.7. The lowest BCUT2D eigenvalue weighted by Crippen LogP contribution is -2.43. The maximum atomic E-state index is 12.8. The van der Waals surface area contributed by atoms with E-state index in [0.29, 0.717) is 36.4 Å². The van der Waals surface area contributed by atoms with Crippen molar-refractivity contribution in [1.29, 1.82) is 0 Å². The Morgan fingerprint density at radius 3 is 2.63 bits per heavy atom. The molecule has 156 valence electrons. The number of fused-ring (bicyclic) bond motifs is 1. The highest BCUT2D eigenvalue weighted by Gasteiger charge is 2.28. The molecule has 2 heterocycles. The van der Waals surface area contributed by atoms with E-state index in [-0.39, 0.29) is 11.8 Å². The van der Waals surface area contributed by atoms with Gasteiger partial charge in [-0.15, -0.1) is 0 Å². The third-order valence-electron chi connectivity index (χ3n) is 5.27. The summed E-state index contributed by atoms with van der Waals surface area (Å²) in [6.45, 7) is 4.36. The molecule has 1 aliphatic heterocycles. The van der Waals surface area contributed by atoms with Gasteiger partial charge in [-0.3, -0.25) is 4.79 Å². The summed E-state index contributed by atoms with van der Waals surface area (Å²) in [6.07, 6.45) is 1.77. The van der Waals surface area contributed by atoms with Crippen LogP contribution in [0.2, 0.25) is 5.02 Å². The van der Waals surface area contributed by atoms with E-state index in [0.717, 1.165) is 36.0 Å². The van der Waals surface area contributed by atoms with Crippen LogP contribution in [0.5, 0.6) is 5.88 Å². The number of amides is 1. The molecule has 0 bridgehead atoms. The molecule has 3 aromatic rings. The maximum absolute atomic E-state index is 12.8. The van der Waals surface area contributed by atoms with Crippen molar-refractivity contribution in [3.63, 3.8) is 0 Å². The minimum Gasteiger partial charge on any atom is -0.475 e. The van der Waals surface area contributed by atoms with Crippen LogP contribution in [-0.4, -0.2) is 35.6 Å². The minimum absolute atomic E-state index is 0.0568. The Kier molecular flexibility index (Phi) is 6.33. The minimum atomic E-state index is -0.103. The summed E-state index contributed by atoms with van der Waals surface area (Å²) in [6, 6.07) is 15.3. The standard InChI is InChI=1S/C23H25ClN4O2/c1-2-30-23-21(26-19-7-3-4-8-20(19)27-23)28-13-5-6-17(15-28)22(29)25-14-16-9-11-18(24)12-10-16/h3-4,7-12,17H,2,5-6,13-15H2,1H3,(H,25,29)/t17-/m0/s1. The number of aromatic nitrogens is 2. The van der Waals surface area contributed by atoms with Crippen LogP contribution < -0.4 is 15.0 Å². The number of hydrogen-bond donors (Lipinski definition) is 1. The van der Waals surface area contributed by atoms with Crippen LogP contribution in [0.3, 0.4) is 0 Å². The lowest BCUT2D eigenvalue weighted by Gasteiger charge is -2.33. The Morgan fingerprint density at radius 2 is 1.90 bits per heavy atom. The summed E-state index contributed by atoms with van der Waals surface area (Å²) in [5.41, 5.74) is 2.66. The first-order valence-corrected chi connectivity index (χ1v) is 10.7. The molecular formula is C23H25ClN4O2. The topological polar surface area (TPSA) is 67.4 Å². The summed E-state index contributed by atoms with van der Waals surface area (Å²) in [5.74, 6) is 1.19. The van der Waals surface area contributed by atoms with Gasteiger partial charge in [0.1, 0.15) is 0 Å². The second-order valence-electron chi connectivity index (χ2n) is 7.40. The fraction of sp³-hybridized carbons (Fsp3) is 0.348. The van der Waals surface area contributed by atoms with Crippen LogP contribution in [0.25, 0.3) is 11.0 Å². The molecule has 1 amide bonds. The number of nitrogens with one attached hydrogen (secondary N) is 1. The zero-order valence-electron chi connectivity index (χ0n) is 17.0. The summed E-state index contributed by atoms with van der Waals surface area (Å²) in [7, 11) is 0. The van der Waals surface area contributed by atoms with E-state index in [1.807, 2.05) is 55.5 Å². The van der Waals surface area contributed by atoms with Gasteiger partial charge in [-0.2, -0.15) is 0 Å². The number of nitrogens with zero attached hydrogens (tertiary/aromatic N) is 3. The Morgan fingerprint density at radius 1 is 1.17 bits per heavy atom. The van der Waals surface area contributed by atoms with Gasteiger partial charge in [0.15, 0.2) is 5.82 Å². The summed E-state index contributed by atoms with van der Waals surface area (Å²) < 4.78 is 5.78. The van der Waals surface area contributed by atoms with Gasteiger partial charge in [-0.05, 0) is 49.6 Å². The average Bonchev–Trinajstić information content (AvgIpc) is 2.78. The van der Waals surface area contributed by atoms with Gasteiger partial charge < -0.3 is 15.0 Å². The van der Waals surface area contributed by atoms with E-state index in [1.54, 1.807) is 0 Å². The van der Waals surface area contributed by atoms with E-state index in [4.69, 9.17) is 21.3 Å². The van der Waals surface area contributed by atoms with Gasteiger partial charge in [0.05, 0.1) is 23.6 Å². The highest BCUT2D eigenvalue weighted by atomic mass is 35.5. The molecule has 1 N–H and O–H groups in total. The van der Waals surface area contributed by atoms with E-state index in [2.05, 4.69) is 15.2 Å². The SMILES string of the molecule is CCOc1nc2ccccc2nc1N1CCC[C@H](C(=O)NCc2ccc(Cl)cc2)C1. The number of rotatable bonds is 6. The number of ether oxygens (including phenoxy) is 1. The van der Waals surface area contributed by atoms with Gasteiger partial charge >= 0.3 is 0 Å². The largest absolute Gasteiger partial charge is 0.475 e. The molecule has 4 rings (SSSR count). The Hall–Kier alpha value is -2.86. The first kappa shape index (κ1) is 20.4. The molecule has 0 radical (unpaired) electrons. The van der Waals surface area contributed by atoms with Crippen molar-refractivity contribution < 1.29 is 9.53 Å². The number of anilines is 1. The number of piperidine rings is 1. The predicted molar refractivity (Wildman–Crippen MR) is 119 cm³/mol. The van der Waals surface area contributed by atoms with Crippen LogP contribution in [0.1, 0.15) is 25.3 Å². The predicted octanol–water partition coefficient (Wildman–Crippen LogP) is 4.21. The monoisotopic (exact) mass is 424 g/mol. The molecule has 0 spiro atoms. The van der Waals surface area contributed by atoms with Gasteiger partial charge in [-0.1, -0.05) is 35.9 Å². The summed E-state index contributed by atoms with van der Waals surface area (Å²) in [5, 5.41) is 3.74.